The minimum Gasteiger partial charge on any atom is -0.461 e. The molecule has 0 aromatic heterocycles. The maximum absolute atomic E-state index is 12.1. The summed E-state index contributed by atoms with van der Waals surface area (Å²) < 4.78 is 5.33. The van der Waals surface area contributed by atoms with Crippen LogP contribution in [0, 0.1) is 22.2 Å². The molecule has 3 nitrogen and oxygen atoms in total. The van der Waals surface area contributed by atoms with Crippen LogP contribution >= 0.6 is 0 Å². The van der Waals surface area contributed by atoms with Crippen LogP contribution in [0.4, 0.5) is 0 Å². The summed E-state index contributed by atoms with van der Waals surface area (Å²) in [6.07, 6.45) is 2.70. The first-order valence-electron chi connectivity index (χ1n) is 6.91. The first kappa shape index (κ1) is 11.0. The van der Waals surface area contributed by atoms with Crippen LogP contribution in [0.3, 0.4) is 0 Å². The van der Waals surface area contributed by atoms with Crippen molar-refractivity contribution in [2.24, 2.45) is 22.2 Å². The van der Waals surface area contributed by atoms with E-state index >= 15 is 0 Å². The number of hydrogen-bond acceptors (Lipinski definition) is 3. The summed E-state index contributed by atoms with van der Waals surface area (Å²) in [6.45, 7) is 7.03. The van der Waals surface area contributed by atoms with Gasteiger partial charge in [0.2, 0.25) is 0 Å². The number of esters is 1. The Morgan fingerprint density at radius 2 is 2.00 bits per heavy atom. The Labute approximate surface area is 107 Å². The summed E-state index contributed by atoms with van der Waals surface area (Å²) in [5.41, 5.74) is 1.97. The third kappa shape index (κ3) is 0.965. The van der Waals surface area contributed by atoms with Crippen LogP contribution in [0.1, 0.15) is 40.0 Å². The first-order chi connectivity index (χ1) is 8.31. The van der Waals surface area contributed by atoms with E-state index in [9.17, 15) is 9.90 Å². The predicted molar refractivity (Wildman–Crippen MR) is 65.7 cm³/mol. The molecule has 1 N–H and O–H groups in total. The van der Waals surface area contributed by atoms with Gasteiger partial charge in [-0.15, -0.1) is 0 Å². The highest BCUT2D eigenvalue weighted by atomic mass is 16.5. The van der Waals surface area contributed by atoms with Gasteiger partial charge < -0.3 is 9.84 Å². The van der Waals surface area contributed by atoms with Crippen molar-refractivity contribution in [1.82, 2.24) is 0 Å². The molecule has 3 aliphatic carbocycles. The molecule has 4 aliphatic rings. The highest BCUT2D eigenvalue weighted by Crippen LogP contribution is 2.77. The molecule has 1 saturated heterocycles. The summed E-state index contributed by atoms with van der Waals surface area (Å²) in [5, 5.41) is 10.6. The third-order valence-corrected chi connectivity index (χ3v) is 6.09. The van der Waals surface area contributed by atoms with Gasteiger partial charge in [-0.25, -0.2) is 4.79 Å². The fourth-order valence-corrected chi connectivity index (χ4v) is 5.00. The van der Waals surface area contributed by atoms with Gasteiger partial charge in [-0.3, -0.25) is 0 Å². The summed E-state index contributed by atoms with van der Waals surface area (Å²) in [6, 6.07) is 0. The number of fused-ring (bicyclic) bond motifs is 1. The van der Waals surface area contributed by atoms with E-state index in [2.05, 4.69) is 20.8 Å². The number of ether oxygens (including phenoxy) is 1. The molecule has 2 saturated carbocycles. The molecule has 0 aromatic rings. The lowest BCUT2D eigenvalue weighted by atomic mass is 9.73. The fraction of sp³-hybridized carbons (Fsp3) is 0.800. The summed E-state index contributed by atoms with van der Waals surface area (Å²) >= 11 is 0. The van der Waals surface area contributed by atoms with Gasteiger partial charge in [0, 0.05) is 11.0 Å². The van der Waals surface area contributed by atoms with Gasteiger partial charge in [-0.05, 0) is 41.6 Å². The van der Waals surface area contributed by atoms with Crippen molar-refractivity contribution in [2.75, 3.05) is 6.61 Å². The number of aliphatic hydroxyl groups excluding tert-OH is 1. The van der Waals surface area contributed by atoms with E-state index in [1.165, 1.54) is 0 Å². The molecule has 0 bridgehead atoms. The standard InChI is InChI=1S/C15H20O3/c1-13(2)4-8-5-14(3)6-15(14)7-18-12(17)10(15)9(8)11(13)16/h8,11,16H,4-7H2,1-3H3/t8-,11+,14-,15+/m0/s1. The highest BCUT2D eigenvalue weighted by molar-refractivity contribution is 5.95. The quantitative estimate of drug-likeness (QED) is 0.667. The maximum atomic E-state index is 12.1. The van der Waals surface area contributed by atoms with Crippen molar-refractivity contribution in [1.29, 1.82) is 0 Å². The van der Waals surface area contributed by atoms with Crippen molar-refractivity contribution < 1.29 is 14.6 Å². The van der Waals surface area contributed by atoms with Crippen LogP contribution in [0.5, 0.6) is 0 Å². The zero-order valence-corrected chi connectivity index (χ0v) is 11.2. The Morgan fingerprint density at radius 1 is 1.28 bits per heavy atom. The molecule has 98 valence electrons. The van der Waals surface area contributed by atoms with Crippen molar-refractivity contribution in [2.45, 2.75) is 46.1 Å². The molecule has 0 unspecified atom stereocenters. The van der Waals surface area contributed by atoms with Gasteiger partial charge in [0.25, 0.3) is 0 Å². The van der Waals surface area contributed by atoms with Crippen molar-refractivity contribution in [3.63, 3.8) is 0 Å². The van der Waals surface area contributed by atoms with Crippen molar-refractivity contribution in [3.05, 3.63) is 11.1 Å². The minimum absolute atomic E-state index is 0.0443. The number of carbonyl (C=O) groups excluding carboxylic acids is 1. The Morgan fingerprint density at radius 3 is 2.72 bits per heavy atom. The Balaban J connectivity index is 1.94. The molecular weight excluding hydrogens is 228 g/mol. The van der Waals surface area contributed by atoms with Gasteiger partial charge in [0.05, 0.1) is 6.10 Å². The van der Waals surface area contributed by atoms with E-state index in [4.69, 9.17) is 4.74 Å². The average molecular weight is 248 g/mol. The van der Waals surface area contributed by atoms with Gasteiger partial charge in [0.15, 0.2) is 0 Å². The van der Waals surface area contributed by atoms with E-state index in [0.29, 0.717) is 12.5 Å². The number of carbonyl (C=O) groups is 1. The Hall–Kier alpha value is -0.830. The van der Waals surface area contributed by atoms with Crippen LogP contribution in [0.15, 0.2) is 11.1 Å². The second-order valence-corrected chi connectivity index (χ2v) is 7.72. The predicted octanol–water partition coefficient (Wildman–Crippen LogP) is 2.05. The van der Waals surface area contributed by atoms with Gasteiger partial charge in [-0.2, -0.15) is 0 Å². The molecule has 0 radical (unpaired) electrons. The van der Waals surface area contributed by atoms with Crippen LogP contribution in [-0.2, 0) is 9.53 Å². The number of aliphatic hydroxyl groups is 1. The number of rotatable bonds is 0. The van der Waals surface area contributed by atoms with Gasteiger partial charge in [-0.1, -0.05) is 20.8 Å². The topological polar surface area (TPSA) is 46.5 Å². The zero-order valence-electron chi connectivity index (χ0n) is 11.2. The van der Waals surface area contributed by atoms with E-state index < -0.39 is 6.10 Å². The molecule has 0 aromatic carbocycles. The first-order valence-corrected chi connectivity index (χ1v) is 6.91. The van der Waals surface area contributed by atoms with Gasteiger partial charge >= 0.3 is 5.97 Å². The summed E-state index contributed by atoms with van der Waals surface area (Å²) in [5.74, 6) is 0.228. The molecule has 1 aliphatic heterocycles. The molecule has 18 heavy (non-hydrogen) atoms. The summed E-state index contributed by atoms with van der Waals surface area (Å²) in [4.78, 5) is 12.1. The molecular formula is C15H20O3. The second-order valence-electron chi connectivity index (χ2n) is 7.72. The summed E-state index contributed by atoms with van der Waals surface area (Å²) in [7, 11) is 0. The van der Waals surface area contributed by atoms with Crippen LogP contribution in [0.2, 0.25) is 0 Å². The number of cyclic esters (lactones) is 1. The highest BCUT2D eigenvalue weighted by Gasteiger charge is 2.75. The lowest BCUT2D eigenvalue weighted by Crippen LogP contribution is -2.29. The maximum Gasteiger partial charge on any atom is 0.334 e. The second kappa shape index (κ2) is 2.69. The van der Waals surface area contributed by atoms with Crippen molar-refractivity contribution in [3.8, 4) is 0 Å². The Bertz CT molecular complexity index is 504. The van der Waals surface area contributed by atoms with E-state index in [0.717, 1.165) is 30.4 Å². The largest absolute Gasteiger partial charge is 0.461 e. The van der Waals surface area contributed by atoms with E-state index in [-0.39, 0.29) is 22.2 Å². The van der Waals surface area contributed by atoms with Crippen LogP contribution in [0.25, 0.3) is 0 Å². The lowest BCUT2D eigenvalue weighted by Gasteiger charge is -2.29. The minimum atomic E-state index is -0.467. The fourth-order valence-electron chi connectivity index (χ4n) is 5.00. The van der Waals surface area contributed by atoms with Crippen LogP contribution < -0.4 is 0 Å². The lowest BCUT2D eigenvalue weighted by molar-refractivity contribution is -0.135. The average Bonchev–Trinajstić information content (AvgIpc) is 2.64. The Kier molecular flexibility index (Phi) is 1.65. The zero-order chi connectivity index (χ0) is 12.9. The van der Waals surface area contributed by atoms with Crippen LogP contribution in [-0.4, -0.2) is 23.8 Å². The monoisotopic (exact) mass is 248 g/mol. The van der Waals surface area contributed by atoms with Gasteiger partial charge in [0.1, 0.15) is 6.61 Å². The molecule has 3 heteroatoms. The smallest absolute Gasteiger partial charge is 0.334 e. The molecule has 4 rings (SSSR count). The van der Waals surface area contributed by atoms with E-state index in [1.54, 1.807) is 0 Å². The van der Waals surface area contributed by atoms with E-state index in [1.807, 2.05) is 0 Å². The molecule has 3 fully saturated rings. The normalized spacial score (nSPS) is 51.7. The molecule has 0 amide bonds. The molecule has 1 spiro atoms. The molecule has 4 atom stereocenters. The number of hydrogen-bond donors (Lipinski definition) is 1. The third-order valence-electron chi connectivity index (χ3n) is 6.09. The van der Waals surface area contributed by atoms with Crippen molar-refractivity contribution >= 4 is 5.97 Å². The SMILES string of the molecule is CC1(C)C[C@H]2C[C@@]3(C)C[C@]34COC(=O)C4=C2[C@H]1O. The molecule has 1 heterocycles.